The third kappa shape index (κ3) is 5.58. The molecule has 0 bridgehead atoms. The molecule has 0 amide bonds. The zero-order valence-electron chi connectivity index (χ0n) is 20.2. The predicted molar refractivity (Wildman–Crippen MR) is 133 cm³/mol. The number of rotatable bonds is 8. The smallest absolute Gasteiger partial charge is 0.337 e. The van der Waals surface area contributed by atoms with Crippen molar-refractivity contribution < 1.29 is 18.9 Å². The van der Waals surface area contributed by atoms with Gasteiger partial charge in [0.05, 0.1) is 16.4 Å². The molecule has 35 heavy (non-hydrogen) atoms. The van der Waals surface area contributed by atoms with Gasteiger partial charge in [-0.25, -0.2) is 4.79 Å². The van der Waals surface area contributed by atoms with Gasteiger partial charge in [-0.3, -0.25) is 10.1 Å². The molecule has 1 fully saturated rings. The summed E-state index contributed by atoms with van der Waals surface area (Å²) in [6, 6.07) is 6.33. The number of nitro benzene ring substituents is 1. The number of benzene rings is 1. The van der Waals surface area contributed by atoms with E-state index < -0.39 is 16.8 Å². The van der Waals surface area contributed by atoms with Crippen LogP contribution in [0.2, 0.25) is 0 Å². The topological polar surface area (TPSA) is 120 Å². The Morgan fingerprint density at radius 2 is 2.00 bits per heavy atom. The van der Waals surface area contributed by atoms with Crippen molar-refractivity contribution in [1.82, 2.24) is 15.5 Å². The fraction of sp³-hybridized carbons (Fsp3) is 0.480. The van der Waals surface area contributed by atoms with Gasteiger partial charge < -0.3 is 14.5 Å². The number of aromatic nitrogens is 2. The Morgan fingerprint density at radius 1 is 1.23 bits per heavy atom. The maximum Gasteiger partial charge on any atom is 0.337 e. The highest BCUT2D eigenvalue weighted by atomic mass is 32.2. The average molecular weight is 499 g/mol. The summed E-state index contributed by atoms with van der Waals surface area (Å²) in [5.41, 5.74) is 2.93. The zero-order chi connectivity index (χ0) is 24.9. The van der Waals surface area contributed by atoms with E-state index in [1.54, 1.807) is 12.1 Å². The maximum atomic E-state index is 13.6. The molecule has 2 aromatic rings. The van der Waals surface area contributed by atoms with Crippen LogP contribution in [0.1, 0.15) is 76.7 Å². The van der Waals surface area contributed by atoms with Crippen molar-refractivity contribution in [3.8, 4) is 0 Å². The maximum absolute atomic E-state index is 13.6. The lowest BCUT2D eigenvalue weighted by molar-refractivity contribution is -0.384. The van der Waals surface area contributed by atoms with Crippen molar-refractivity contribution in [2.24, 2.45) is 0 Å². The van der Waals surface area contributed by atoms with Gasteiger partial charge in [0.15, 0.2) is 0 Å². The van der Waals surface area contributed by atoms with Crippen molar-refractivity contribution in [2.45, 2.75) is 76.5 Å². The summed E-state index contributed by atoms with van der Waals surface area (Å²) in [6.45, 7) is 5.76. The van der Waals surface area contributed by atoms with E-state index in [2.05, 4.69) is 22.4 Å². The second-order valence-corrected chi connectivity index (χ2v) is 9.92. The summed E-state index contributed by atoms with van der Waals surface area (Å²) in [7, 11) is 0. The number of thioether (sulfide) groups is 1. The molecule has 9 nitrogen and oxygen atoms in total. The average Bonchev–Trinajstić information content (AvgIpc) is 3.31. The number of allylic oxidation sites excluding steroid dienone is 3. The summed E-state index contributed by atoms with van der Waals surface area (Å²) < 4.78 is 11.9. The van der Waals surface area contributed by atoms with Crippen molar-refractivity contribution in [2.75, 3.05) is 5.75 Å². The van der Waals surface area contributed by atoms with Crippen molar-refractivity contribution in [3.05, 3.63) is 62.8 Å². The minimum atomic E-state index is -0.656. The molecule has 2 aliphatic rings. The molecule has 1 aromatic carbocycles. The molecular weight excluding hydrogens is 468 g/mol. The third-order valence-corrected chi connectivity index (χ3v) is 7.31. The van der Waals surface area contributed by atoms with Crippen LogP contribution in [-0.2, 0) is 9.53 Å². The van der Waals surface area contributed by atoms with Crippen LogP contribution in [0.4, 0.5) is 5.69 Å². The lowest BCUT2D eigenvalue weighted by Crippen LogP contribution is -2.31. The number of nitro groups is 1. The van der Waals surface area contributed by atoms with Crippen LogP contribution < -0.4 is 5.32 Å². The number of esters is 1. The van der Waals surface area contributed by atoms with Gasteiger partial charge in [-0.2, -0.15) is 0 Å². The number of nitrogens with zero attached hydrogens (tertiary/aromatic N) is 3. The van der Waals surface area contributed by atoms with Crippen LogP contribution in [0.3, 0.4) is 0 Å². The molecule has 0 saturated heterocycles. The first kappa shape index (κ1) is 25.0. The van der Waals surface area contributed by atoms with Crippen molar-refractivity contribution >= 4 is 29.0 Å². The Hall–Kier alpha value is -3.14. The molecular formula is C25H30N4O5S. The number of hydrogen-bond donors (Lipinski definition) is 1. The molecule has 1 aliphatic heterocycles. The minimum Gasteiger partial charge on any atom is -0.459 e. The summed E-state index contributed by atoms with van der Waals surface area (Å²) >= 11 is 1.46. The van der Waals surface area contributed by atoms with Gasteiger partial charge in [0.25, 0.3) is 10.9 Å². The fourth-order valence-corrected chi connectivity index (χ4v) is 5.28. The molecule has 1 aliphatic carbocycles. The molecule has 186 valence electrons. The number of ether oxygens (including phenoxy) is 1. The quantitative estimate of drug-likeness (QED) is 0.210. The van der Waals surface area contributed by atoms with Crippen LogP contribution in [0, 0.1) is 10.1 Å². The summed E-state index contributed by atoms with van der Waals surface area (Å²) in [6.07, 6.45) is 5.74. The molecule has 4 rings (SSSR count). The van der Waals surface area contributed by atoms with Gasteiger partial charge in [0, 0.05) is 34.9 Å². The van der Waals surface area contributed by atoms with Crippen LogP contribution in [-0.4, -0.2) is 32.9 Å². The lowest BCUT2D eigenvalue weighted by atomic mass is 9.80. The molecule has 1 atom stereocenters. The number of dihydropyridines is 1. The van der Waals surface area contributed by atoms with Gasteiger partial charge in [0.2, 0.25) is 5.89 Å². The van der Waals surface area contributed by atoms with Gasteiger partial charge in [0.1, 0.15) is 6.10 Å². The Kier molecular flexibility index (Phi) is 7.90. The summed E-state index contributed by atoms with van der Waals surface area (Å²) in [5.74, 6) is 0.0327. The first-order chi connectivity index (χ1) is 16.9. The van der Waals surface area contributed by atoms with Crippen molar-refractivity contribution in [1.29, 1.82) is 0 Å². The highest BCUT2D eigenvalue weighted by Gasteiger charge is 2.38. The van der Waals surface area contributed by atoms with Gasteiger partial charge >= 0.3 is 5.97 Å². The second-order valence-electron chi connectivity index (χ2n) is 8.87. The summed E-state index contributed by atoms with van der Waals surface area (Å²) in [4.78, 5) is 24.7. The first-order valence-corrected chi connectivity index (χ1v) is 13.0. The van der Waals surface area contributed by atoms with Crippen LogP contribution in [0.5, 0.6) is 0 Å². The monoisotopic (exact) mass is 498 g/mol. The van der Waals surface area contributed by atoms with Gasteiger partial charge in [-0.1, -0.05) is 37.2 Å². The molecule has 1 aromatic heterocycles. The number of carbonyl (C=O) groups is 1. The Labute approximate surface area is 208 Å². The first-order valence-electron chi connectivity index (χ1n) is 12.0. The van der Waals surface area contributed by atoms with Crippen LogP contribution >= 0.6 is 11.8 Å². The molecule has 1 unspecified atom stereocenters. The van der Waals surface area contributed by atoms with E-state index in [1.165, 1.54) is 23.9 Å². The predicted octanol–water partition coefficient (Wildman–Crippen LogP) is 5.75. The molecule has 0 spiro atoms. The fourth-order valence-electron chi connectivity index (χ4n) is 4.66. The largest absolute Gasteiger partial charge is 0.459 e. The van der Waals surface area contributed by atoms with E-state index >= 15 is 0 Å². The third-order valence-electron chi connectivity index (χ3n) is 6.29. The normalized spacial score (nSPS) is 19.0. The Bertz CT molecular complexity index is 1170. The molecule has 1 N–H and O–H groups in total. The number of nitrogens with one attached hydrogen (secondary N) is 1. The zero-order valence-corrected chi connectivity index (χ0v) is 21.0. The minimum absolute atomic E-state index is 0.0552. The number of non-ortho nitro benzene ring substituents is 1. The van der Waals surface area contributed by atoms with Gasteiger partial charge in [-0.05, 0) is 51.5 Å². The number of hydrogen-bond acceptors (Lipinski definition) is 9. The van der Waals surface area contributed by atoms with E-state index in [1.807, 2.05) is 13.8 Å². The molecule has 0 radical (unpaired) electrons. The standard InChI is InChI=1S/C25H30N4O5S/c1-4-13-35-25-28-27-23(34-25)20-15(2)26-16(3)21(24(30)33-19-11-6-5-7-12-19)22(20)17-9-8-10-18(14-17)29(31)32/h8-10,14,19,22,26H,4-7,11-13H2,1-3H3. The van der Waals surface area contributed by atoms with E-state index in [0.29, 0.717) is 27.6 Å². The number of carbonyl (C=O) groups excluding carboxylic acids is 1. The highest BCUT2D eigenvalue weighted by Crippen LogP contribution is 2.44. The van der Waals surface area contributed by atoms with Crippen LogP contribution in [0.15, 0.2) is 50.9 Å². The molecule has 10 heteroatoms. The Morgan fingerprint density at radius 3 is 2.71 bits per heavy atom. The molecule has 1 saturated carbocycles. The van der Waals surface area contributed by atoms with Gasteiger partial charge in [-0.15, -0.1) is 10.2 Å². The Balaban J connectivity index is 1.78. The highest BCUT2D eigenvalue weighted by molar-refractivity contribution is 7.99. The summed E-state index contributed by atoms with van der Waals surface area (Å²) in [5, 5.41) is 23.7. The van der Waals surface area contributed by atoms with Crippen LogP contribution in [0.25, 0.3) is 5.57 Å². The van der Waals surface area contributed by atoms with E-state index in [0.717, 1.165) is 50.0 Å². The van der Waals surface area contributed by atoms with E-state index in [4.69, 9.17) is 9.15 Å². The lowest BCUT2D eigenvalue weighted by Gasteiger charge is -2.31. The SMILES string of the molecule is CCCSc1nnc(C2=C(C)NC(C)=C(C(=O)OC3CCCCC3)C2c2cccc([N+](=O)[O-])c2)o1. The van der Waals surface area contributed by atoms with E-state index in [-0.39, 0.29) is 17.7 Å². The van der Waals surface area contributed by atoms with Crippen molar-refractivity contribution in [3.63, 3.8) is 0 Å². The second kappa shape index (κ2) is 11.1. The molecule has 2 heterocycles. The van der Waals surface area contributed by atoms with E-state index in [9.17, 15) is 14.9 Å².